The molecule has 0 aliphatic carbocycles. The minimum absolute atomic E-state index is 0.00641. The second-order valence-corrected chi connectivity index (χ2v) is 7.99. The Balaban J connectivity index is 2.20. The van der Waals surface area contributed by atoms with Crippen LogP contribution in [0.5, 0.6) is 11.5 Å². The van der Waals surface area contributed by atoms with Crippen LogP contribution in [0.4, 0.5) is 4.79 Å². The number of hydrogen-bond donors (Lipinski definition) is 1. The van der Waals surface area contributed by atoms with Crippen LogP contribution in [0.25, 0.3) is 0 Å². The van der Waals surface area contributed by atoms with Crippen LogP contribution in [0.15, 0.2) is 34.7 Å². The lowest BCUT2D eigenvalue weighted by Gasteiger charge is -2.31. The van der Waals surface area contributed by atoms with Gasteiger partial charge < -0.3 is 29.0 Å². The summed E-state index contributed by atoms with van der Waals surface area (Å²) >= 11 is 0. The van der Waals surface area contributed by atoms with Crippen LogP contribution in [-0.4, -0.2) is 61.6 Å². The number of carbonyl (C=O) groups is 2. The van der Waals surface area contributed by atoms with Crippen molar-refractivity contribution < 1.29 is 23.5 Å². The highest BCUT2D eigenvalue weighted by atomic mass is 16.5. The summed E-state index contributed by atoms with van der Waals surface area (Å²) in [5.41, 5.74) is 1.02. The maximum atomic E-state index is 13.4. The number of rotatable bonds is 12. The van der Waals surface area contributed by atoms with Gasteiger partial charge in [-0.3, -0.25) is 4.79 Å². The van der Waals surface area contributed by atoms with E-state index in [2.05, 4.69) is 5.32 Å². The quantitative estimate of drug-likeness (QED) is 0.519. The average Bonchev–Trinajstić information content (AvgIpc) is 3.23. The SMILES string of the molecule is CCNC(=O)N(CC(=O)N(CCc1ccc(OC)c(OC)c1)Cc1ccc(C)o1)[C@@H](C)CC. The van der Waals surface area contributed by atoms with Crippen LogP contribution in [0.2, 0.25) is 0 Å². The molecule has 0 bridgehead atoms. The van der Waals surface area contributed by atoms with Crippen molar-refractivity contribution in [3.8, 4) is 11.5 Å². The number of furan rings is 1. The lowest BCUT2D eigenvalue weighted by Crippen LogP contribution is -2.50. The Morgan fingerprint density at radius 2 is 1.82 bits per heavy atom. The second kappa shape index (κ2) is 12.8. The van der Waals surface area contributed by atoms with Crippen LogP contribution in [0.3, 0.4) is 0 Å². The normalized spacial score (nSPS) is 11.6. The summed E-state index contributed by atoms with van der Waals surface area (Å²) in [4.78, 5) is 29.3. The van der Waals surface area contributed by atoms with Gasteiger partial charge in [-0.15, -0.1) is 0 Å². The Morgan fingerprint density at radius 1 is 1.09 bits per heavy atom. The van der Waals surface area contributed by atoms with Crippen molar-refractivity contribution in [2.75, 3.05) is 33.9 Å². The lowest BCUT2D eigenvalue weighted by molar-refractivity contribution is -0.133. The monoisotopic (exact) mass is 459 g/mol. The first-order chi connectivity index (χ1) is 15.8. The second-order valence-electron chi connectivity index (χ2n) is 7.99. The number of amides is 3. The lowest BCUT2D eigenvalue weighted by atomic mass is 10.1. The standard InChI is InChI=1S/C25H37N3O5/c1-7-18(3)28(25(30)26-8-2)17-24(29)27(16-21-11-9-19(4)33-21)14-13-20-10-12-22(31-5)23(15-20)32-6/h9-12,15,18H,7-8,13-14,16-17H2,1-6H3,(H,26,30)/t18-/m0/s1. The highest BCUT2D eigenvalue weighted by molar-refractivity contribution is 5.84. The molecule has 1 heterocycles. The van der Waals surface area contributed by atoms with Crippen molar-refractivity contribution in [1.82, 2.24) is 15.1 Å². The van der Waals surface area contributed by atoms with E-state index in [9.17, 15) is 9.59 Å². The molecule has 1 N–H and O–H groups in total. The molecule has 2 rings (SSSR count). The van der Waals surface area contributed by atoms with Crippen molar-refractivity contribution in [3.63, 3.8) is 0 Å². The number of nitrogens with zero attached hydrogens (tertiary/aromatic N) is 2. The number of ether oxygens (including phenoxy) is 2. The minimum atomic E-state index is -0.228. The number of benzene rings is 1. The first-order valence-electron chi connectivity index (χ1n) is 11.4. The highest BCUT2D eigenvalue weighted by Crippen LogP contribution is 2.27. The number of methoxy groups -OCH3 is 2. The Morgan fingerprint density at radius 3 is 2.39 bits per heavy atom. The maximum Gasteiger partial charge on any atom is 0.318 e. The number of aryl methyl sites for hydroxylation is 1. The van der Waals surface area contributed by atoms with Gasteiger partial charge >= 0.3 is 6.03 Å². The molecule has 33 heavy (non-hydrogen) atoms. The molecule has 8 heteroatoms. The van der Waals surface area contributed by atoms with Crippen molar-refractivity contribution in [3.05, 3.63) is 47.4 Å². The molecule has 0 radical (unpaired) electrons. The number of carbonyl (C=O) groups excluding carboxylic acids is 2. The van der Waals surface area contributed by atoms with Gasteiger partial charge in [-0.2, -0.15) is 0 Å². The molecule has 182 valence electrons. The van der Waals surface area contributed by atoms with Gasteiger partial charge in [0, 0.05) is 19.1 Å². The van der Waals surface area contributed by atoms with Crippen LogP contribution in [-0.2, 0) is 17.8 Å². The molecule has 0 fully saturated rings. The fraction of sp³-hybridized carbons (Fsp3) is 0.520. The Kier molecular flexibility index (Phi) is 10.1. The minimum Gasteiger partial charge on any atom is -0.493 e. The molecule has 1 atom stereocenters. The molecule has 0 saturated heterocycles. The van der Waals surface area contributed by atoms with Crippen molar-refractivity contribution in [1.29, 1.82) is 0 Å². The zero-order valence-electron chi connectivity index (χ0n) is 20.6. The summed E-state index contributed by atoms with van der Waals surface area (Å²) in [5, 5.41) is 2.81. The van der Waals surface area contributed by atoms with E-state index in [1.54, 1.807) is 24.0 Å². The fourth-order valence-corrected chi connectivity index (χ4v) is 3.50. The third kappa shape index (κ3) is 7.44. The number of urea groups is 1. The Bertz CT molecular complexity index is 911. The van der Waals surface area contributed by atoms with Gasteiger partial charge in [0.05, 0.1) is 20.8 Å². The summed E-state index contributed by atoms with van der Waals surface area (Å²) in [5.74, 6) is 2.68. The average molecular weight is 460 g/mol. The molecule has 0 aliphatic heterocycles. The van der Waals surface area contributed by atoms with E-state index in [1.165, 1.54) is 0 Å². The van der Waals surface area contributed by atoms with E-state index >= 15 is 0 Å². The molecule has 0 unspecified atom stereocenters. The highest BCUT2D eigenvalue weighted by Gasteiger charge is 2.25. The molecule has 2 aromatic rings. The summed E-state index contributed by atoms with van der Waals surface area (Å²) in [6, 6.07) is 9.21. The molecule has 1 aromatic heterocycles. The topological polar surface area (TPSA) is 84.3 Å². The fourth-order valence-electron chi connectivity index (χ4n) is 3.50. The van der Waals surface area contributed by atoms with E-state index in [4.69, 9.17) is 13.9 Å². The van der Waals surface area contributed by atoms with E-state index < -0.39 is 0 Å². The molecule has 3 amide bonds. The van der Waals surface area contributed by atoms with Crippen molar-refractivity contribution >= 4 is 11.9 Å². The van der Waals surface area contributed by atoms with Gasteiger partial charge in [0.2, 0.25) is 5.91 Å². The van der Waals surface area contributed by atoms with Crippen LogP contribution in [0.1, 0.15) is 44.3 Å². The summed E-state index contributed by atoms with van der Waals surface area (Å²) < 4.78 is 16.4. The van der Waals surface area contributed by atoms with Crippen molar-refractivity contribution in [2.45, 2.75) is 53.1 Å². The first kappa shape index (κ1) is 26.1. The van der Waals surface area contributed by atoms with Crippen LogP contribution in [0, 0.1) is 6.92 Å². The molecule has 0 saturated carbocycles. The molecular weight excluding hydrogens is 422 g/mol. The van der Waals surface area contributed by atoms with Gasteiger partial charge in [-0.05, 0) is 63.4 Å². The Labute approximate surface area is 196 Å². The molecule has 0 aliphatic rings. The molecule has 1 aromatic carbocycles. The van der Waals surface area contributed by atoms with Crippen LogP contribution < -0.4 is 14.8 Å². The number of nitrogens with one attached hydrogen (secondary N) is 1. The van der Waals surface area contributed by atoms with Crippen molar-refractivity contribution in [2.24, 2.45) is 0 Å². The smallest absolute Gasteiger partial charge is 0.318 e. The van der Waals surface area contributed by atoms with Gasteiger partial charge in [0.25, 0.3) is 0 Å². The van der Waals surface area contributed by atoms with E-state index in [0.29, 0.717) is 43.3 Å². The predicted octanol–water partition coefficient (Wildman–Crippen LogP) is 4.01. The maximum absolute atomic E-state index is 13.4. The summed E-state index contributed by atoms with van der Waals surface area (Å²) in [6.45, 7) is 9.01. The third-order valence-corrected chi connectivity index (χ3v) is 5.63. The third-order valence-electron chi connectivity index (χ3n) is 5.63. The molecule has 8 nitrogen and oxygen atoms in total. The number of hydrogen-bond acceptors (Lipinski definition) is 5. The molecular formula is C25H37N3O5. The van der Waals surface area contributed by atoms with E-state index in [-0.39, 0.29) is 24.5 Å². The molecule has 0 spiro atoms. The van der Waals surface area contributed by atoms with Crippen LogP contribution >= 0.6 is 0 Å². The van der Waals surface area contributed by atoms with Gasteiger partial charge in [-0.25, -0.2) is 4.79 Å². The van der Waals surface area contributed by atoms with Gasteiger partial charge in [0.1, 0.15) is 18.1 Å². The van der Waals surface area contributed by atoms with Gasteiger partial charge in [-0.1, -0.05) is 13.0 Å². The predicted molar refractivity (Wildman–Crippen MR) is 128 cm³/mol. The largest absolute Gasteiger partial charge is 0.493 e. The zero-order chi connectivity index (χ0) is 24.4. The van der Waals surface area contributed by atoms with Gasteiger partial charge in [0.15, 0.2) is 11.5 Å². The zero-order valence-corrected chi connectivity index (χ0v) is 20.6. The first-order valence-corrected chi connectivity index (χ1v) is 11.4. The van der Waals surface area contributed by atoms with E-state index in [1.807, 2.05) is 58.0 Å². The van der Waals surface area contributed by atoms with E-state index in [0.717, 1.165) is 17.7 Å². The summed E-state index contributed by atoms with van der Waals surface area (Å²) in [7, 11) is 3.20. The summed E-state index contributed by atoms with van der Waals surface area (Å²) in [6.07, 6.45) is 1.38. The Hall–Kier alpha value is -3.16.